The van der Waals surface area contributed by atoms with Gasteiger partial charge >= 0.3 is 0 Å². The number of aliphatic hydroxyl groups excluding tert-OH is 1. The molecule has 0 fully saturated rings. The van der Waals surface area contributed by atoms with Crippen molar-refractivity contribution < 1.29 is 28.7 Å². The summed E-state index contributed by atoms with van der Waals surface area (Å²) in [7, 11) is 0. The number of carbonyl (C=O) groups excluding carboxylic acids is 3. The van der Waals surface area contributed by atoms with Crippen LogP contribution in [-0.2, 0) is 25.8 Å². The molecule has 5 aliphatic rings. The van der Waals surface area contributed by atoms with E-state index in [9.17, 15) is 19.5 Å². The topological polar surface area (TPSA) is 97.1 Å². The molecule has 1 N–H and O–H groups in total. The van der Waals surface area contributed by atoms with Gasteiger partial charge in [-0.05, 0) is 55.4 Å². The van der Waals surface area contributed by atoms with E-state index < -0.39 is 17.1 Å². The highest BCUT2D eigenvalue weighted by Crippen LogP contribution is 2.62. The molecule has 7 nitrogen and oxygen atoms in total. The molecular formula is C29H31NO6S. The first kappa shape index (κ1) is 24.6. The minimum Gasteiger partial charge on any atom is -0.472 e. The molecule has 1 aromatic rings. The van der Waals surface area contributed by atoms with Crippen molar-refractivity contribution in [1.82, 2.24) is 5.06 Å². The monoisotopic (exact) mass is 521 g/mol. The Morgan fingerprint density at radius 2 is 2.05 bits per heavy atom. The van der Waals surface area contributed by atoms with E-state index in [1.807, 2.05) is 25.0 Å². The van der Waals surface area contributed by atoms with E-state index in [4.69, 9.17) is 9.25 Å². The van der Waals surface area contributed by atoms with Crippen LogP contribution in [0.4, 0.5) is 0 Å². The fourth-order valence-corrected chi connectivity index (χ4v) is 7.49. The van der Waals surface area contributed by atoms with Gasteiger partial charge in [-0.1, -0.05) is 37.3 Å². The van der Waals surface area contributed by atoms with E-state index in [1.54, 1.807) is 24.7 Å². The maximum atomic E-state index is 14.4. The summed E-state index contributed by atoms with van der Waals surface area (Å²) in [4.78, 5) is 46.8. The molecule has 8 heteroatoms. The Labute approximate surface area is 220 Å². The predicted octanol–water partition coefficient (Wildman–Crippen LogP) is 4.60. The van der Waals surface area contributed by atoms with Crippen molar-refractivity contribution in [2.75, 3.05) is 5.75 Å². The molecule has 6 rings (SSSR count). The van der Waals surface area contributed by atoms with E-state index in [2.05, 4.69) is 0 Å². The summed E-state index contributed by atoms with van der Waals surface area (Å²) >= 11 is 0.950. The quantitative estimate of drug-likeness (QED) is 0.601. The van der Waals surface area contributed by atoms with Gasteiger partial charge in [-0.15, -0.1) is 0 Å². The number of Topliss-reactive ketones (excluding diaryl/α,β-unsaturated/α-hetero) is 1. The summed E-state index contributed by atoms with van der Waals surface area (Å²) in [5.41, 5.74) is 3.85. The van der Waals surface area contributed by atoms with Crippen molar-refractivity contribution in [1.29, 1.82) is 0 Å². The standard InChI is InChI=1S/C29H31NO6S/c1-16-9-23-24(32)11-22-21-10-19-5-4-6-20(19)27(21)30(13-18-7-8-35-14-18)36-29(22,26(34)15-37-17(2)31)28(23,3)12-25(16)33/h7-9,11,14,16,25,33H,4-6,10,12-13,15H2,1-3H3/t16-,25-,28-,29+/m0/s1. The molecule has 1 aliphatic heterocycles. The summed E-state index contributed by atoms with van der Waals surface area (Å²) in [6.45, 7) is 5.56. The van der Waals surface area contributed by atoms with Gasteiger partial charge in [-0.25, -0.2) is 5.06 Å². The van der Waals surface area contributed by atoms with Gasteiger partial charge in [0.25, 0.3) is 0 Å². The molecule has 4 atom stereocenters. The smallest absolute Gasteiger partial charge is 0.190 e. The van der Waals surface area contributed by atoms with Crippen LogP contribution in [0, 0.1) is 11.3 Å². The summed E-state index contributed by atoms with van der Waals surface area (Å²) < 4.78 is 5.33. The molecule has 0 saturated carbocycles. The fraction of sp³-hybridized carbons (Fsp3) is 0.483. The Balaban J connectivity index is 1.58. The zero-order valence-electron chi connectivity index (χ0n) is 21.3. The van der Waals surface area contributed by atoms with Crippen molar-refractivity contribution in [2.24, 2.45) is 11.3 Å². The Bertz CT molecular complexity index is 1330. The van der Waals surface area contributed by atoms with Crippen LogP contribution in [0.1, 0.15) is 58.4 Å². The van der Waals surface area contributed by atoms with Crippen LogP contribution in [0.5, 0.6) is 0 Å². The Hall–Kier alpha value is -2.68. The third-order valence-corrected chi connectivity index (χ3v) is 9.58. The minimum atomic E-state index is -1.54. The number of hydrogen-bond acceptors (Lipinski definition) is 8. The largest absolute Gasteiger partial charge is 0.472 e. The van der Waals surface area contributed by atoms with Gasteiger partial charge in [0, 0.05) is 35.0 Å². The lowest BCUT2D eigenvalue weighted by Gasteiger charge is -2.57. The summed E-state index contributed by atoms with van der Waals surface area (Å²) in [6.07, 6.45) is 9.82. The van der Waals surface area contributed by atoms with Crippen LogP contribution in [-0.4, -0.2) is 44.3 Å². The molecule has 194 valence electrons. The Morgan fingerprint density at radius 3 is 2.78 bits per heavy atom. The molecule has 1 aromatic heterocycles. The second kappa shape index (κ2) is 8.68. The highest BCUT2D eigenvalue weighted by molar-refractivity contribution is 8.14. The highest BCUT2D eigenvalue weighted by Gasteiger charge is 2.67. The zero-order chi connectivity index (χ0) is 26.1. The first-order valence-corrected chi connectivity index (χ1v) is 13.9. The number of rotatable bonds is 5. The van der Waals surface area contributed by atoms with Crippen LogP contribution in [0.15, 0.2) is 68.7 Å². The summed E-state index contributed by atoms with van der Waals surface area (Å²) in [5.74, 6) is -0.704. The van der Waals surface area contributed by atoms with Crippen molar-refractivity contribution >= 4 is 28.4 Å². The Morgan fingerprint density at radius 1 is 1.24 bits per heavy atom. The number of nitrogens with zero attached hydrogens (tertiary/aromatic N) is 1. The van der Waals surface area contributed by atoms with Gasteiger partial charge in [0.05, 0.1) is 36.6 Å². The summed E-state index contributed by atoms with van der Waals surface area (Å²) in [5, 5.41) is 12.7. The van der Waals surface area contributed by atoms with Crippen LogP contribution >= 0.6 is 11.8 Å². The fourth-order valence-electron chi connectivity index (χ4n) is 6.96. The average Bonchev–Trinajstić information content (AvgIpc) is 3.58. The molecule has 2 heterocycles. The van der Waals surface area contributed by atoms with E-state index in [0.29, 0.717) is 24.1 Å². The molecule has 0 spiro atoms. The lowest BCUT2D eigenvalue weighted by atomic mass is 9.53. The number of hydrogen-bond donors (Lipinski definition) is 1. The lowest BCUT2D eigenvalue weighted by Crippen LogP contribution is -2.66. The number of carbonyl (C=O) groups is 3. The van der Waals surface area contributed by atoms with Crippen molar-refractivity contribution in [3.05, 3.63) is 69.9 Å². The van der Waals surface area contributed by atoms with Gasteiger partial charge < -0.3 is 9.52 Å². The van der Waals surface area contributed by atoms with Crippen LogP contribution < -0.4 is 0 Å². The van der Waals surface area contributed by atoms with Gasteiger partial charge in [0.15, 0.2) is 22.3 Å². The molecule has 0 unspecified atom stereocenters. The number of furan rings is 1. The Kier molecular flexibility index (Phi) is 5.78. The minimum absolute atomic E-state index is 0.0787. The van der Waals surface area contributed by atoms with Crippen LogP contribution in [0.25, 0.3) is 0 Å². The van der Waals surface area contributed by atoms with Crippen molar-refractivity contribution in [3.63, 3.8) is 0 Å². The highest BCUT2D eigenvalue weighted by atomic mass is 32.2. The second-order valence-electron chi connectivity index (χ2n) is 11.0. The molecular weight excluding hydrogens is 490 g/mol. The van der Waals surface area contributed by atoms with E-state index >= 15 is 0 Å². The van der Waals surface area contributed by atoms with Gasteiger partial charge in [0.1, 0.15) is 0 Å². The van der Waals surface area contributed by atoms with Crippen molar-refractivity contribution in [3.8, 4) is 0 Å². The second-order valence-corrected chi connectivity index (χ2v) is 12.2. The number of allylic oxidation sites excluding steroid dienone is 3. The SMILES string of the molecule is CC(=O)SCC(=O)[C@]12ON(Cc3ccoc3)C3=C(CC4=C3CCC4)C1=CC(=O)C1=C[C@H](C)[C@@H](O)C[C@@]12C. The molecule has 0 bridgehead atoms. The third kappa shape index (κ3) is 3.52. The maximum absolute atomic E-state index is 14.4. The first-order valence-electron chi connectivity index (χ1n) is 12.9. The number of thioether (sulfide) groups is 1. The molecule has 0 radical (unpaired) electrons. The van der Waals surface area contributed by atoms with Gasteiger partial charge in [0.2, 0.25) is 0 Å². The van der Waals surface area contributed by atoms with Gasteiger partial charge in [-0.2, -0.15) is 0 Å². The number of fused-ring (bicyclic) bond motifs is 5. The zero-order valence-corrected chi connectivity index (χ0v) is 22.2. The van der Waals surface area contributed by atoms with E-state index in [1.165, 1.54) is 18.1 Å². The molecule has 37 heavy (non-hydrogen) atoms. The normalized spacial score (nSPS) is 32.5. The number of aliphatic hydroxyl groups is 1. The van der Waals surface area contributed by atoms with E-state index in [-0.39, 0.29) is 34.8 Å². The van der Waals surface area contributed by atoms with E-state index in [0.717, 1.165) is 47.9 Å². The number of ketones is 2. The maximum Gasteiger partial charge on any atom is 0.190 e. The molecule has 4 aliphatic carbocycles. The van der Waals surface area contributed by atoms with Gasteiger partial charge in [-0.3, -0.25) is 19.2 Å². The van der Waals surface area contributed by atoms with Crippen molar-refractivity contribution in [2.45, 2.75) is 71.1 Å². The molecule has 0 saturated heterocycles. The predicted molar refractivity (Wildman–Crippen MR) is 138 cm³/mol. The third-order valence-electron chi connectivity index (χ3n) is 8.77. The molecule has 0 amide bonds. The number of hydroxylamine groups is 2. The lowest BCUT2D eigenvalue weighted by molar-refractivity contribution is -0.251. The van der Waals surface area contributed by atoms with Crippen LogP contribution in [0.2, 0.25) is 0 Å². The molecule has 0 aromatic carbocycles. The first-order chi connectivity index (χ1) is 17.7. The van der Waals surface area contributed by atoms with Crippen LogP contribution in [0.3, 0.4) is 0 Å². The summed E-state index contributed by atoms with van der Waals surface area (Å²) in [6, 6.07) is 1.87. The average molecular weight is 522 g/mol.